The minimum absolute atomic E-state index is 0.866. The lowest BCUT2D eigenvalue weighted by Crippen LogP contribution is -2.45. The molecule has 2 heterocycles. The van der Waals surface area contributed by atoms with E-state index in [1.54, 1.807) is 0 Å². The van der Waals surface area contributed by atoms with Gasteiger partial charge >= 0.3 is 0 Å². The normalized spacial score (nSPS) is 18.6. The molecule has 1 saturated heterocycles. The van der Waals surface area contributed by atoms with Gasteiger partial charge in [0.1, 0.15) is 3.70 Å². The molecule has 0 unspecified atom stereocenters. The Bertz CT molecular complexity index is 309. The molecule has 1 aliphatic rings. The maximum atomic E-state index is 4.40. The van der Waals surface area contributed by atoms with E-state index in [1.165, 1.54) is 0 Å². The zero-order valence-electron chi connectivity index (χ0n) is 8.15. The van der Waals surface area contributed by atoms with Gasteiger partial charge in [-0.3, -0.25) is 0 Å². The quantitative estimate of drug-likeness (QED) is 0.568. The summed E-state index contributed by atoms with van der Waals surface area (Å²) in [5.41, 5.74) is 0. The van der Waals surface area contributed by atoms with Gasteiger partial charge in [0, 0.05) is 32.4 Å². The topological polar surface area (TPSA) is 32.3 Å². The molecule has 0 saturated carbocycles. The maximum absolute atomic E-state index is 4.40. The molecule has 1 aromatic heterocycles. The summed E-state index contributed by atoms with van der Waals surface area (Å²) >= 11 is 2.22. The van der Waals surface area contributed by atoms with Crippen LogP contribution in [0.4, 0.5) is 5.95 Å². The Labute approximate surface area is 97.5 Å². The summed E-state index contributed by atoms with van der Waals surface area (Å²) in [6.07, 6.45) is 1.82. The van der Waals surface area contributed by atoms with Crippen molar-refractivity contribution in [2.24, 2.45) is 0 Å². The van der Waals surface area contributed by atoms with Gasteiger partial charge in [-0.15, -0.1) is 0 Å². The third kappa shape index (κ3) is 2.33. The smallest absolute Gasteiger partial charge is 0.226 e. The van der Waals surface area contributed by atoms with Crippen molar-refractivity contribution in [3.63, 3.8) is 0 Å². The molecule has 0 N–H and O–H groups in total. The lowest BCUT2D eigenvalue weighted by Gasteiger charge is -2.32. The van der Waals surface area contributed by atoms with Crippen LogP contribution >= 0.6 is 22.6 Å². The van der Waals surface area contributed by atoms with Gasteiger partial charge in [0.25, 0.3) is 0 Å². The number of likely N-dealkylation sites (N-methyl/N-ethyl adjacent to an activating group) is 1. The molecule has 0 aliphatic carbocycles. The second kappa shape index (κ2) is 4.39. The Hall–Kier alpha value is -0.430. The van der Waals surface area contributed by atoms with E-state index in [2.05, 4.69) is 49.4 Å². The molecule has 0 bridgehead atoms. The predicted octanol–water partition coefficient (Wildman–Crippen LogP) is 0.833. The van der Waals surface area contributed by atoms with E-state index in [9.17, 15) is 0 Å². The number of piperazine rings is 1. The SMILES string of the molecule is CN1CCN(c2nccc(I)n2)CC1. The van der Waals surface area contributed by atoms with Crippen molar-refractivity contribution < 1.29 is 0 Å². The highest BCUT2D eigenvalue weighted by molar-refractivity contribution is 14.1. The molecule has 0 radical (unpaired) electrons. The summed E-state index contributed by atoms with van der Waals surface area (Å²) in [6, 6.07) is 1.92. The number of hydrogen-bond acceptors (Lipinski definition) is 4. The van der Waals surface area contributed by atoms with E-state index >= 15 is 0 Å². The first-order valence-electron chi connectivity index (χ1n) is 4.68. The maximum Gasteiger partial charge on any atom is 0.226 e. The first-order chi connectivity index (χ1) is 6.75. The van der Waals surface area contributed by atoms with Crippen LogP contribution < -0.4 is 4.90 Å². The molecule has 1 fully saturated rings. The molecule has 2 rings (SSSR count). The minimum atomic E-state index is 0.866. The molecule has 0 spiro atoms. The molecule has 14 heavy (non-hydrogen) atoms. The summed E-state index contributed by atoms with van der Waals surface area (Å²) in [5.74, 6) is 0.866. The van der Waals surface area contributed by atoms with Gasteiger partial charge in [-0.2, -0.15) is 0 Å². The molecule has 76 valence electrons. The molecule has 5 heteroatoms. The summed E-state index contributed by atoms with van der Waals surface area (Å²) in [6.45, 7) is 4.23. The molecular weight excluding hydrogens is 291 g/mol. The average Bonchev–Trinajstić information content (AvgIpc) is 2.19. The third-order valence-corrected chi connectivity index (χ3v) is 3.00. The Balaban J connectivity index is 2.08. The second-order valence-corrected chi connectivity index (χ2v) is 4.57. The van der Waals surface area contributed by atoms with Crippen LogP contribution in [-0.4, -0.2) is 48.1 Å². The molecule has 0 atom stereocenters. The van der Waals surface area contributed by atoms with E-state index in [1.807, 2.05) is 12.3 Å². The summed E-state index contributed by atoms with van der Waals surface area (Å²) in [5, 5.41) is 0. The van der Waals surface area contributed by atoms with E-state index in [4.69, 9.17) is 0 Å². The first-order valence-corrected chi connectivity index (χ1v) is 5.75. The lowest BCUT2D eigenvalue weighted by molar-refractivity contribution is 0.311. The molecule has 1 aliphatic heterocycles. The van der Waals surface area contributed by atoms with E-state index in [-0.39, 0.29) is 0 Å². The third-order valence-electron chi connectivity index (χ3n) is 2.39. The molecule has 0 amide bonds. The fourth-order valence-electron chi connectivity index (χ4n) is 1.49. The highest BCUT2D eigenvalue weighted by Gasteiger charge is 2.15. The second-order valence-electron chi connectivity index (χ2n) is 3.47. The van der Waals surface area contributed by atoms with Gasteiger partial charge in [0.2, 0.25) is 5.95 Å². The van der Waals surface area contributed by atoms with Crippen LogP contribution in [0.2, 0.25) is 0 Å². The molecule has 1 aromatic rings. The Kier molecular flexibility index (Phi) is 3.17. The Morgan fingerprint density at radius 3 is 2.64 bits per heavy atom. The van der Waals surface area contributed by atoms with Crippen LogP contribution in [0.15, 0.2) is 12.3 Å². The number of nitrogens with zero attached hydrogens (tertiary/aromatic N) is 4. The van der Waals surface area contributed by atoms with Crippen molar-refractivity contribution in [2.75, 3.05) is 38.1 Å². The van der Waals surface area contributed by atoms with Crippen LogP contribution in [-0.2, 0) is 0 Å². The zero-order chi connectivity index (χ0) is 9.97. The zero-order valence-corrected chi connectivity index (χ0v) is 10.3. The van der Waals surface area contributed by atoms with Crippen molar-refractivity contribution >= 4 is 28.5 Å². The van der Waals surface area contributed by atoms with Crippen molar-refractivity contribution in [3.8, 4) is 0 Å². The predicted molar refractivity (Wildman–Crippen MR) is 64.5 cm³/mol. The number of aromatic nitrogens is 2. The van der Waals surface area contributed by atoms with Crippen molar-refractivity contribution in [1.82, 2.24) is 14.9 Å². The number of halogens is 1. The van der Waals surface area contributed by atoms with E-state index in [0.717, 1.165) is 35.8 Å². The molecule has 0 aromatic carbocycles. The van der Waals surface area contributed by atoms with Crippen LogP contribution in [0.5, 0.6) is 0 Å². The van der Waals surface area contributed by atoms with Crippen LogP contribution in [0.25, 0.3) is 0 Å². The number of hydrogen-bond donors (Lipinski definition) is 0. The lowest BCUT2D eigenvalue weighted by atomic mass is 10.3. The Morgan fingerprint density at radius 1 is 1.29 bits per heavy atom. The standard InChI is InChI=1S/C9H13IN4/c1-13-4-6-14(7-5-13)9-11-3-2-8(10)12-9/h2-3H,4-7H2,1H3. The Morgan fingerprint density at radius 2 is 2.00 bits per heavy atom. The van der Waals surface area contributed by atoms with Crippen LogP contribution in [0, 0.1) is 3.70 Å². The van der Waals surface area contributed by atoms with Gasteiger partial charge in [0.05, 0.1) is 0 Å². The summed E-state index contributed by atoms with van der Waals surface area (Å²) in [4.78, 5) is 13.2. The largest absolute Gasteiger partial charge is 0.338 e. The van der Waals surface area contributed by atoms with Gasteiger partial charge < -0.3 is 9.80 Å². The van der Waals surface area contributed by atoms with Gasteiger partial charge in [0.15, 0.2) is 0 Å². The molecular formula is C9H13IN4. The van der Waals surface area contributed by atoms with Crippen LogP contribution in [0.3, 0.4) is 0 Å². The van der Waals surface area contributed by atoms with Crippen LogP contribution in [0.1, 0.15) is 0 Å². The number of rotatable bonds is 1. The van der Waals surface area contributed by atoms with Crippen molar-refractivity contribution in [1.29, 1.82) is 0 Å². The highest BCUT2D eigenvalue weighted by Crippen LogP contribution is 2.11. The average molecular weight is 304 g/mol. The highest BCUT2D eigenvalue weighted by atomic mass is 127. The summed E-state index contributed by atoms with van der Waals surface area (Å²) in [7, 11) is 2.15. The fourth-order valence-corrected chi connectivity index (χ4v) is 1.86. The molecule has 4 nitrogen and oxygen atoms in total. The fraction of sp³-hybridized carbons (Fsp3) is 0.556. The summed E-state index contributed by atoms with van der Waals surface area (Å²) < 4.78 is 1.01. The van der Waals surface area contributed by atoms with Gasteiger partial charge in [-0.1, -0.05) is 0 Å². The first kappa shape index (κ1) is 10.1. The van der Waals surface area contributed by atoms with E-state index < -0.39 is 0 Å². The van der Waals surface area contributed by atoms with Crippen molar-refractivity contribution in [3.05, 3.63) is 16.0 Å². The van der Waals surface area contributed by atoms with Gasteiger partial charge in [-0.05, 0) is 35.7 Å². The monoisotopic (exact) mass is 304 g/mol. The van der Waals surface area contributed by atoms with Gasteiger partial charge in [-0.25, -0.2) is 9.97 Å². The van der Waals surface area contributed by atoms with Crippen molar-refractivity contribution in [2.45, 2.75) is 0 Å². The van der Waals surface area contributed by atoms with E-state index in [0.29, 0.717) is 0 Å². The number of anilines is 1. The minimum Gasteiger partial charge on any atom is -0.338 e.